The Morgan fingerprint density at radius 1 is 1.13 bits per heavy atom. The van der Waals surface area contributed by atoms with Crippen LogP contribution in [0.25, 0.3) is 0 Å². The SMILES string of the molecule is CCOC(=O)OC[C@H]1O[C@@H](Oc2nn(C(C)C)c(C)c2Cc2ccc(OC(C)C)cc2F)[C@H](O)[C@@H](O)[C@@H]1O. The first kappa shape index (κ1) is 29.6. The second-order valence-electron chi connectivity index (χ2n) is 9.63. The number of carbonyl (C=O) groups excluding carboxylic acids is 1. The van der Waals surface area contributed by atoms with E-state index < -0.39 is 49.3 Å². The number of aliphatic hydroxyl groups excluding tert-OH is 3. The molecule has 2 aromatic rings. The zero-order valence-corrected chi connectivity index (χ0v) is 22.5. The first-order valence-corrected chi connectivity index (χ1v) is 12.6. The van der Waals surface area contributed by atoms with E-state index in [1.54, 1.807) is 23.7 Å². The molecule has 0 amide bonds. The monoisotopic (exact) mass is 540 g/mol. The van der Waals surface area contributed by atoms with Crippen molar-refractivity contribution >= 4 is 6.16 Å². The van der Waals surface area contributed by atoms with Crippen LogP contribution >= 0.6 is 0 Å². The van der Waals surface area contributed by atoms with Crippen LogP contribution in [0, 0.1) is 12.7 Å². The maximum Gasteiger partial charge on any atom is 0.508 e. The number of aliphatic hydroxyl groups is 3. The molecule has 1 saturated heterocycles. The lowest BCUT2D eigenvalue weighted by atomic mass is 9.99. The van der Waals surface area contributed by atoms with Gasteiger partial charge in [-0.3, -0.25) is 4.68 Å². The van der Waals surface area contributed by atoms with E-state index in [2.05, 4.69) is 5.10 Å². The molecule has 12 heteroatoms. The summed E-state index contributed by atoms with van der Waals surface area (Å²) in [6, 6.07) is 4.56. The summed E-state index contributed by atoms with van der Waals surface area (Å²) in [5, 5.41) is 35.8. The molecule has 0 unspecified atom stereocenters. The minimum Gasteiger partial charge on any atom is -0.491 e. The molecule has 0 radical (unpaired) electrons. The number of aromatic nitrogens is 2. The molecule has 38 heavy (non-hydrogen) atoms. The van der Waals surface area contributed by atoms with Gasteiger partial charge in [-0.2, -0.15) is 0 Å². The number of halogens is 1. The summed E-state index contributed by atoms with van der Waals surface area (Å²) in [6.07, 6.45) is -8.51. The molecule has 0 bridgehead atoms. The molecule has 1 aromatic heterocycles. The zero-order valence-electron chi connectivity index (χ0n) is 22.5. The van der Waals surface area contributed by atoms with Gasteiger partial charge in [-0.1, -0.05) is 6.07 Å². The first-order chi connectivity index (χ1) is 17.9. The lowest BCUT2D eigenvalue weighted by Crippen LogP contribution is -2.60. The highest BCUT2D eigenvalue weighted by molar-refractivity contribution is 5.59. The third-order valence-corrected chi connectivity index (χ3v) is 6.01. The standard InChI is InChI=1S/C26H37FN2O9/c1-7-34-26(33)35-12-20-21(30)22(31)23(32)25(37-20)38-24-18(15(6)29(28-24)13(2)3)10-16-8-9-17(11-19(16)27)36-14(4)5/h8-9,11,13-14,20-23,25,30-32H,7,10,12H2,1-6H3/t20-,21-,22+,23-,25+/m1/s1. The van der Waals surface area contributed by atoms with Gasteiger partial charge in [-0.25, -0.2) is 9.18 Å². The van der Waals surface area contributed by atoms with Crippen LogP contribution in [0.15, 0.2) is 18.2 Å². The molecule has 2 heterocycles. The first-order valence-electron chi connectivity index (χ1n) is 12.6. The van der Waals surface area contributed by atoms with E-state index >= 15 is 0 Å². The molecule has 3 N–H and O–H groups in total. The van der Waals surface area contributed by atoms with Crippen LogP contribution in [0.2, 0.25) is 0 Å². The van der Waals surface area contributed by atoms with Gasteiger partial charge in [-0.15, -0.1) is 5.10 Å². The number of nitrogens with zero attached hydrogens (tertiary/aromatic N) is 2. The molecule has 1 aliphatic rings. The average Bonchev–Trinajstić information content (AvgIpc) is 3.15. The predicted octanol–water partition coefficient (Wildman–Crippen LogP) is 2.65. The summed E-state index contributed by atoms with van der Waals surface area (Å²) >= 11 is 0. The third kappa shape index (κ3) is 6.93. The fourth-order valence-electron chi connectivity index (χ4n) is 4.11. The summed E-state index contributed by atoms with van der Waals surface area (Å²) in [6.45, 7) is 10.6. The Hall–Kier alpha value is -2.93. The van der Waals surface area contributed by atoms with Crippen molar-refractivity contribution in [3.8, 4) is 11.6 Å². The highest BCUT2D eigenvalue weighted by atomic mass is 19.1. The van der Waals surface area contributed by atoms with E-state index in [4.69, 9.17) is 23.7 Å². The molecular weight excluding hydrogens is 503 g/mol. The van der Waals surface area contributed by atoms with Gasteiger partial charge in [0.25, 0.3) is 0 Å². The average molecular weight is 541 g/mol. The van der Waals surface area contributed by atoms with Crippen molar-refractivity contribution in [3.63, 3.8) is 0 Å². The number of ether oxygens (including phenoxy) is 5. The van der Waals surface area contributed by atoms with Gasteiger partial charge in [0.2, 0.25) is 12.2 Å². The van der Waals surface area contributed by atoms with Crippen molar-refractivity contribution in [2.45, 2.75) is 90.8 Å². The van der Waals surface area contributed by atoms with Crippen LogP contribution in [-0.2, 0) is 20.6 Å². The lowest BCUT2D eigenvalue weighted by Gasteiger charge is -2.39. The van der Waals surface area contributed by atoms with Gasteiger partial charge in [0.1, 0.15) is 42.6 Å². The Morgan fingerprint density at radius 2 is 1.84 bits per heavy atom. The second kappa shape index (κ2) is 12.7. The topological polar surface area (TPSA) is 142 Å². The second-order valence-corrected chi connectivity index (χ2v) is 9.63. The fraction of sp³-hybridized carbons (Fsp3) is 0.615. The van der Waals surface area contributed by atoms with Crippen LogP contribution in [0.5, 0.6) is 11.6 Å². The largest absolute Gasteiger partial charge is 0.508 e. The zero-order chi connectivity index (χ0) is 28.1. The Kier molecular flexibility index (Phi) is 9.94. The Morgan fingerprint density at radius 3 is 2.45 bits per heavy atom. The Bertz CT molecular complexity index is 1090. The summed E-state index contributed by atoms with van der Waals surface area (Å²) in [5.74, 6) is 0.0138. The van der Waals surface area contributed by atoms with Crippen LogP contribution < -0.4 is 9.47 Å². The van der Waals surface area contributed by atoms with Crippen molar-refractivity contribution in [1.82, 2.24) is 9.78 Å². The molecule has 0 spiro atoms. The van der Waals surface area contributed by atoms with E-state index in [9.17, 15) is 24.5 Å². The van der Waals surface area contributed by atoms with E-state index in [1.807, 2.05) is 34.6 Å². The van der Waals surface area contributed by atoms with Gasteiger partial charge in [0.05, 0.1) is 12.7 Å². The highest BCUT2D eigenvalue weighted by Crippen LogP contribution is 2.32. The number of rotatable bonds is 10. The normalized spacial score (nSPS) is 23.5. The molecule has 1 aliphatic heterocycles. The van der Waals surface area contributed by atoms with Gasteiger partial charge in [0, 0.05) is 29.8 Å². The molecule has 1 fully saturated rings. The van der Waals surface area contributed by atoms with Crippen LogP contribution in [0.1, 0.15) is 57.5 Å². The summed E-state index contributed by atoms with van der Waals surface area (Å²) in [4.78, 5) is 11.6. The fourth-order valence-corrected chi connectivity index (χ4v) is 4.11. The van der Waals surface area contributed by atoms with Crippen molar-refractivity contribution in [2.75, 3.05) is 13.2 Å². The Labute approximate surface area is 221 Å². The van der Waals surface area contributed by atoms with E-state index in [-0.39, 0.29) is 31.1 Å². The third-order valence-electron chi connectivity index (χ3n) is 6.01. The van der Waals surface area contributed by atoms with Crippen molar-refractivity contribution in [3.05, 3.63) is 40.8 Å². The predicted molar refractivity (Wildman–Crippen MR) is 133 cm³/mol. The van der Waals surface area contributed by atoms with E-state index in [0.29, 0.717) is 22.6 Å². The molecule has 11 nitrogen and oxygen atoms in total. The molecule has 0 saturated carbocycles. The minimum absolute atomic E-state index is 0.0619. The van der Waals surface area contributed by atoms with Crippen LogP contribution in [0.4, 0.5) is 9.18 Å². The number of hydrogen-bond acceptors (Lipinski definition) is 10. The molecular formula is C26H37FN2O9. The van der Waals surface area contributed by atoms with Crippen LogP contribution in [-0.4, -0.2) is 81.3 Å². The highest BCUT2D eigenvalue weighted by Gasteiger charge is 2.46. The molecule has 3 rings (SSSR count). The minimum atomic E-state index is -1.66. The quantitative estimate of drug-likeness (QED) is 0.385. The summed E-state index contributed by atoms with van der Waals surface area (Å²) < 4.78 is 43.4. The molecule has 0 aliphatic carbocycles. The van der Waals surface area contributed by atoms with Gasteiger partial charge in [-0.05, 0) is 53.2 Å². The van der Waals surface area contributed by atoms with Gasteiger partial charge in [0.15, 0.2) is 0 Å². The molecule has 212 valence electrons. The maximum atomic E-state index is 15.0. The smallest absolute Gasteiger partial charge is 0.491 e. The Balaban J connectivity index is 1.86. The number of benzene rings is 1. The molecule has 1 aromatic carbocycles. The van der Waals surface area contributed by atoms with Crippen molar-refractivity contribution < 1.29 is 48.2 Å². The van der Waals surface area contributed by atoms with Crippen LogP contribution in [0.3, 0.4) is 0 Å². The van der Waals surface area contributed by atoms with E-state index in [1.165, 1.54) is 6.07 Å². The van der Waals surface area contributed by atoms with Crippen molar-refractivity contribution in [2.24, 2.45) is 0 Å². The van der Waals surface area contributed by atoms with Gasteiger partial charge < -0.3 is 39.0 Å². The van der Waals surface area contributed by atoms with Gasteiger partial charge >= 0.3 is 6.16 Å². The maximum absolute atomic E-state index is 15.0. The number of carbonyl (C=O) groups is 1. The lowest BCUT2D eigenvalue weighted by molar-refractivity contribution is -0.278. The molecule has 5 atom stereocenters. The van der Waals surface area contributed by atoms with E-state index in [0.717, 1.165) is 0 Å². The number of hydrogen-bond donors (Lipinski definition) is 3. The summed E-state index contributed by atoms with van der Waals surface area (Å²) in [5.41, 5.74) is 1.63. The van der Waals surface area contributed by atoms with Crippen molar-refractivity contribution in [1.29, 1.82) is 0 Å². The summed E-state index contributed by atoms with van der Waals surface area (Å²) in [7, 11) is 0.